The van der Waals surface area contributed by atoms with Crippen molar-refractivity contribution in [3.8, 4) is 5.69 Å². The first-order valence-corrected chi connectivity index (χ1v) is 11.7. The molecule has 4 nitrogen and oxygen atoms in total. The number of hydrogen-bond acceptors (Lipinski definition) is 2. The van der Waals surface area contributed by atoms with Gasteiger partial charge in [0.2, 0.25) is 0 Å². The summed E-state index contributed by atoms with van der Waals surface area (Å²) in [7, 11) is 0. The van der Waals surface area contributed by atoms with Gasteiger partial charge in [0.25, 0.3) is 0 Å². The number of pyridine rings is 1. The lowest BCUT2D eigenvalue weighted by Crippen LogP contribution is -2.29. The van der Waals surface area contributed by atoms with Crippen LogP contribution in [0.4, 0.5) is 5.69 Å². The van der Waals surface area contributed by atoms with Gasteiger partial charge in [0.15, 0.2) is 5.11 Å². The summed E-state index contributed by atoms with van der Waals surface area (Å²) < 4.78 is 2.34. The molecule has 0 radical (unpaired) electrons. The molecule has 0 bridgehead atoms. The predicted octanol–water partition coefficient (Wildman–Crippen LogP) is 6.28. The van der Waals surface area contributed by atoms with E-state index in [1.165, 1.54) is 33.8 Å². The molecular weight excluding hydrogens is 424 g/mol. The SMILES string of the molecule is Cc1ccc(N2C(=S)N[C@H](c3ccccn3)[C@H]2c2cc(C)n(-c3cccc(C)c3)c2C)cc1. The Labute approximate surface area is 200 Å². The van der Waals surface area contributed by atoms with E-state index < -0.39 is 0 Å². The summed E-state index contributed by atoms with van der Waals surface area (Å²) in [4.78, 5) is 6.93. The summed E-state index contributed by atoms with van der Waals surface area (Å²) in [6.45, 7) is 8.61. The van der Waals surface area contributed by atoms with Gasteiger partial charge in [-0.15, -0.1) is 0 Å². The summed E-state index contributed by atoms with van der Waals surface area (Å²) in [5.74, 6) is 0. The predicted molar refractivity (Wildman–Crippen MR) is 139 cm³/mol. The van der Waals surface area contributed by atoms with Crippen LogP contribution in [0.5, 0.6) is 0 Å². The number of benzene rings is 2. The maximum Gasteiger partial charge on any atom is 0.174 e. The van der Waals surface area contributed by atoms with Gasteiger partial charge in [-0.3, -0.25) is 4.98 Å². The number of nitrogens with zero attached hydrogens (tertiary/aromatic N) is 3. The lowest BCUT2D eigenvalue weighted by Gasteiger charge is -2.28. The van der Waals surface area contributed by atoms with Crippen molar-refractivity contribution in [3.63, 3.8) is 0 Å². The molecule has 3 heterocycles. The maximum atomic E-state index is 5.88. The zero-order valence-electron chi connectivity index (χ0n) is 19.4. The van der Waals surface area contributed by atoms with E-state index in [9.17, 15) is 0 Å². The summed E-state index contributed by atoms with van der Waals surface area (Å²) in [5.41, 5.74) is 9.40. The van der Waals surface area contributed by atoms with E-state index in [0.717, 1.165) is 16.5 Å². The molecule has 2 aromatic carbocycles. The van der Waals surface area contributed by atoms with E-state index in [4.69, 9.17) is 12.2 Å². The fraction of sp³-hybridized carbons (Fsp3) is 0.214. The van der Waals surface area contributed by atoms with Crippen molar-refractivity contribution in [3.05, 3.63) is 113 Å². The van der Waals surface area contributed by atoms with E-state index in [-0.39, 0.29) is 12.1 Å². The molecule has 1 fully saturated rings. The van der Waals surface area contributed by atoms with Crippen LogP contribution in [0.25, 0.3) is 5.69 Å². The van der Waals surface area contributed by atoms with Crippen molar-refractivity contribution in [2.45, 2.75) is 39.8 Å². The van der Waals surface area contributed by atoms with Crippen LogP contribution in [0.2, 0.25) is 0 Å². The Kier molecular flexibility index (Phi) is 5.51. The second-order valence-electron chi connectivity index (χ2n) is 8.83. The summed E-state index contributed by atoms with van der Waals surface area (Å²) in [5, 5.41) is 4.29. The number of aromatic nitrogens is 2. The van der Waals surface area contributed by atoms with Gasteiger partial charge in [0.1, 0.15) is 0 Å². The van der Waals surface area contributed by atoms with Crippen LogP contribution in [0, 0.1) is 27.7 Å². The van der Waals surface area contributed by atoms with Crippen LogP contribution >= 0.6 is 12.2 Å². The number of rotatable bonds is 4. The van der Waals surface area contributed by atoms with Gasteiger partial charge < -0.3 is 14.8 Å². The Bertz CT molecular complexity index is 1310. The molecule has 1 N–H and O–H groups in total. The van der Waals surface area contributed by atoms with Crippen LogP contribution in [0.1, 0.15) is 45.9 Å². The van der Waals surface area contributed by atoms with Gasteiger partial charge in [-0.05, 0) is 93.5 Å². The average Bonchev–Trinajstić information content (AvgIpc) is 3.30. The maximum absolute atomic E-state index is 5.88. The lowest BCUT2D eigenvalue weighted by molar-refractivity contribution is 0.565. The van der Waals surface area contributed by atoms with E-state index in [2.05, 4.69) is 108 Å². The first-order valence-electron chi connectivity index (χ1n) is 11.3. The molecule has 1 aliphatic rings. The van der Waals surface area contributed by atoms with Crippen molar-refractivity contribution in [2.75, 3.05) is 4.90 Å². The topological polar surface area (TPSA) is 33.1 Å². The molecule has 0 spiro atoms. The first kappa shape index (κ1) is 21.4. The minimum Gasteiger partial charge on any atom is -0.351 e. The second kappa shape index (κ2) is 8.49. The molecule has 166 valence electrons. The Morgan fingerprint density at radius 1 is 0.818 bits per heavy atom. The molecule has 5 rings (SSSR count). The summed E-state index contributed by atoms with van der Waals surface area (Å²) >= 11 is 5.88. The molecule has 1 aliphatic heterocycles. The van der Waals surface area contributed by atoms with Gasteiger partial charge in [-0.1, -0.05) is 35.9 Å². The zero-order chi connectivity index (χ0) is 23.1. The lowest BCUT2D eigenvalue weighted by atomic mass is 9.96. The zero-order valence-corrected chi connectivity index (χ0v) is 20.2. The number of aryl methyl sites for hydroxylation is 3. The highest BCUT2D eigenvalue weighted by Gasteiger charge is 2.42. The van der Waals surface area contributed by atoms with Crippen molar-refractivity contribution >= 4 is 23.0 Å². The summed E-state index contributed by atoms with van der Waals surface area (Å²) in [6.07, 6.45) is 1.85. The monoisotopic (exact) mass is 452 g/mol. The van der Waals surface area contributed by atoms with Crippen molar-refractivity contribution < 1.29 is 0 Å². The van der Waals surface area contributed by atoms with E-state index in [0.29, 0.717) is 0 Å². The highest BCUT2D eigenvalue weighted by Crippen LogP contribution is 2.43. The number of hydrogen-bond donors (Lipinski definition) is 1. The molecule has 2 atom stereocenters. The highest BCUT2D eigenvalue weighted by atomic mass is 32.1. The third-order valence-corrected chi connectivity index (χ3v) is 6.77. The Balaban J connectivity index is 1.68. The average molecular weight is 453 g/mol. The minimum absolute atomic E-state index is 0.0140. The van der Waals surface area contributed by atoms with Gasteiger partial charge in [0.05, 0.1) is 17.8 Å². The molecule has 33 heavy (non-hydrogen) atoms. The molecule has 0 amide bonds. The van der Waals surface area contributed by atoms with Crippen molar-refractivity contribution in [1.82, 2.24) is 14.9 Å². The van der Waals surface area contributed by atoms with Crippen LogP contribution in [-0.4, -0.2) is 14.7 Å². The third kappa shape index (κ3) is 3.83. The molecule has 0 saturated carbocycles. The van der Waals surface area contributed by atoms with Crippen LogP contribution in [-0.2, 0) is 0 Å². The van der Waals surface area contributed by atoms with Crippen molar-refractivity contribution in [1.29, 1.82) is 0 Å². The smallest absolute Gasteiger partial charge is 0.174 e. The normalized spacial score (nSPS) is 17.9. The van der Waals surface area contributed by atoms with Gasteiger partial charge in [-0.2, -0.15) is 0 Å². The largest absolute Gasteiger partial charge is 0.351 e. The molecule has 5 heteroatoms. The van der Waals surface area contributed by atoms with Crippen molar-refractivity contribution in [2.24, 2.45) is 0 Å². The van der Waals surface area contributed by atoms with Crippen LogP contribution < -0.4 is 10.2 Å². The minimum atomic E-state index is -0.0496. The number of thiocarbonyl (C=S) groups is 1. The van der Waals surface area contributed by atoms with E-state index in [1.54, 1.807) is 0 Å². The standard InChI is InChI=1S/C28H28N4S/c1-18-11-13-22(14-12-18)32-27(26(30-28(32)33)25-10-5-6-15-29-25)24-17-20(3)31(21(24)4)23-9-7-8-19(2)16-23/h5-17,26-27H,1-4H3,(H,30,33)/t26-,27-/m1/s1. The van der Waals surface area contributed by atoms with E-state index in [1.807, 2.05) is 18.3 Å². The quantitative estimate of drug-likeness (QED) is 0.369. The van der Waals surface area contributed by atoms with Gasteiger partial charge in [0, 0.05) is 29.0 Å². The Hall–Kier alpha value is -3.44. The molecule has 4 aromatic rings. The fourth-order valence-electron chi connectivity index (χ4n) is 4.91. The Morgan fingerprint density at radius 2 is 1.61 bits per heavy atom. The number of anilines is 1. The van der Waals surface area contributed by atoms with E-state index >= 15 is 0 Å². The first-order chi connectivity index (χ1) is 15.9. The fourth-order valence-corrected chi connectivity index (χ4v) is 5.25. The van der Waals surface area contributed by atoms with Crippen LogP contribution in [0.3, 0.4) is 0 Å². The van der Waals surface area contributed by atoms with Gasteiger partial charge in [-0.25, -0.2) is 0 Å². The Morgan fingerprint density at radius 3 is 2.30 bits per heavy atom. The molecular formula is C28H28N4S. The molecule has 2 aromatic heterocycles. The molecule has 0 unspecified atom stereocenters. The van der Waals surface area contributed by atoms with Gasteiger partial charge >= 0.3 is 0 Å². The summed E-state index contributed by atoms with van der Waals surface area (Å²) in [6, 6.07) is 25.5. The second-order valence-corrected chi connectivity index (χ2v) is 9.22. The highest BCUT2D eigenvalue weighted by molar-refractivity contribution is 7.80. The van der Waals surface area contributed by atoms with Crippen LogP contribution in [0.15, 0.2) is 79.0 Å². The third-order valence-electron chi connectivity index (χ3n) is 6.46. The molecule has 1 saturated heterocycles. The number of nitrogens with one attached hydrogen (secondary N) is 1. The molecule has 0 aliphatic carbocycles.